The van der Waals surface area contributed by atoms with E-state index in [1.54, 1.807) is 6.20 Å². The SMILES string of the molecule is c1cnc2[nH]nc(Nc3ccc4c(N5CC6CC5CO6)nccc4c3)c2c1. The van der Waals surface area contributed by atoms with Crippen molar-refractivity contribution in [1.82, 2.24) is 20.2 Å². The van der Waals surface area contributed by atoms with Crippen molar-refractivity contribution in [1.29, 1.82) is 0 Å². The minimum atomic E-state index is 0.356. The minimum Gasteiger partial charge on any atom is -0.374 e. The number of nitrogens with one attached hydrogen (secondary N) is 2. The number of hydrogen-bond acceptors (Lipinski definition) is 6. The van der Waals surface area contributed by atoms with Crippen LogP contribution in [0.3, 0.4) is 0 Å². The monoisotopic (exact) mass is 358 g/mol. The molecule has 134 valence electrons. The molecule has 2 aliphatic rings. The Morgan fingerprint density at radius 2 is 2.11 bits per heavy atom. The topological polar surface area (TPSA) is 79.0 Å². The first kappa shape index (κ1) is 14.9. The van der Waals surface area contributed by atoms with Gasteiger partial charge < -0.3 is 15.0 Å². The Morgan fingerprint density at radius 3 is 3.00 bits per heavy atom. The number of aromatic nitrogens is 4. The van der Waals surface area contributed by atoms with Crippen LogP contribution < -0.4 is 10.2 Å². The van der Waals surface area contributed by atoms with Crippen LogP contribution in [-0.2, 0) is 4.74 Å². The number of anilines is 3. The van der Waals surface area contributed by atoms with Crippen LogP contribution >= 0.6 is 0 Å². The predicted molar refractivity (Wildman–Crippen MR) is 104 cm³/mol. The zero-order chi connectivity index (χ0) is 17.8. The van der Waals surface area contributed by atoms with E-state index < -0.39 is 0 Å². The molecule has 0 spiro atoms. The Bertz CT molecular complexity index is 1160. The molecule has 2 atom stereocenters. The summed E-state index contributed by atoms with van der Waals surface area (Å²) < 4.78 is 5.73. The molecule has 7 nitrogen and oxygen atoms in total. The van der Waals surface area contributed by atoms with Gasteiger partial charge in [-0.25, -0.2) is 9.97 Å². The molecule has 0 aliphatic carbocycles. The van der Waals surface area contributed by atoms with Crippen LogP contribution in [0.2, 0.25) is 0 Å². The summed E-state index contributed by atoms with van der Waals surface area (Å²) in [5, 5.41) is 14.0. The van der Waals surface area contributed by atoms with E-state index in [1.807, 2.05) is 18.3 Å². The van der Waals surface area contributed by atoms with Crippen LogP contribution in [0.1, 0.15) is 6.42 Å². The van der Waals surface area contributed by atoms with Gasteiger partial charge in [0.1, 0.15) is 5.82 Å². The van der Waals surface area contributed by atoms with Crippen LogP contribution in [0.5, 0.6) is 0 Å². The van der Waals surface area contributed by atoms with Crippen LogP contribution in [0.4, 0.5) is 17.3 Å². The average Bonchev–Trinajstić information content (AvgIpc) is 3.44. The second-order valence-corrected chi connectivity index (χ2v) is 7.16. The fourth-order valence-electron chi connectivity index (χ4n) is 4.21. The van der Waals surface area contributed by atoms with Gasteiger partial charge in [0.2, 0.25) is 0 Å². The highest BCUT2D eigenvalue weighted by Gasteiger charge is 2.40. The normalized spacial score (nSPS) is 21.4. The molecule has 0 saturated carbocycles. The lowest BCUT2D eigenvalue weighted by Gasteiger charge is -2.28. The Balaban J connectivity index is 1.37. The predicted octanol–water partition coefficient (Wildman–Crippen LogP) is 3.23. The van der Waals surface area contributed by atoms with E-state index >= 15 is 0 Å². The molecule has 2 unspecified atom stereocenters. The third kappa shape index (κ3) is 2.35. The molecule has 2 aliphatic heterocycles. The van der Waals surface area contributed by atoms with Gasteiger partial charge in [0.25, 0.3) is 0 Å². The zero-order valence-corrected chi connectivity index (χ0v) is 14.6. The summed E-state index contributed by atoms with van der Waals surface area (Å²) in [6.07, 6.45) is 5.11. The Kier molecular flexibility index (Phi) is 3.12. The van der Waals surface area contributed by atoms with Crippen molar-refractivity contribution >= 4 is 39.1 Å². The van der Waals surface area contributed by atoms with Crippen molar-refractivity contribution in [3.05, 3.63) is 48.8 Å². The van der Waals surface area contributed by atoms with E-state index in [-0.39, 0.29) is 0 Å². The molecule has 1 aromatic carbocycles. The lowest BCUT2D eigenvalue weighted by atomic mass is 10.1. The van der Waals surface area contributed by atoms with Crippen molar-refractivity contribution < 1.29 is 4.74 Å². The van der Waals surface area contributed by atoms with Crippen molar-refractivity contribution in [2.75, 3.05) is 23.4 Å². The Morgan fingerprint density at radius 1 is 1.11 bits per heavy atom. The van der Waals surface area contributed by atoms with Gasteiger partial charge in [-0.3, -0.25) is 5.10 Å². The lowest BCUT2D eigenvalue weighted by Crippen LogP contribution is -2.37. The molecule has 2 saturated heterocycles. The van der Waals surface area contributed by atoms with Gasteiger partial charge in [-0.05, 0) is 48.2 Å². The molecule has 2 N–H and O–H groups in total. The van der Waals surface area contributed by atoms with Crippen molar-refractivity contribution in [3.63, 3.8) is 0 Å². The van der Waals surface area contributed by atoms with Crippen LogP contribution in [0.25, 0.3) is 21.8 Å². The van der Waals surface area contributed by atoms with E-state index in [0.29, 0.717) is 12.1 Å². The molecule has 27 heavy (non-hydrogen) atoms. The maximum absolute atomic E-state index is 5.73. The zero-order valence-electron chi connectivity index (χ0n) is 14.6. The average molecular weight is 358 g/mol. The number of H-pyrrole nitrogens is 1. The number of rotatable bonds is 3. The highest BCUT2D eigenvalue weighted by Crippen LogP contribution is 2.36. The van der Waals surface area contributed by atoms with Crippen LogP contribution in [0, 0.1) is 0 Å². The number of morpholine rings is 1. The molecule has 7 heteroatoms. The van der Waals surface area contributed by atoms with Crippen LogP contribution in [0.15, 0.2) is 48.8 Å². The highest BCUT2D eigenvalue weighted by atomic mass is 16.5. The number of benzene rings is 1. The number of hydrogen-bond donors (Lipinski definition) is 2. The summed E-state index contributed by atoms with van der Waals surface area (Å²) >= 11 is 0. The van der Waals surface area contributed by atoms with Gasteiger partial charge >= 0.3 is 0 Å². The lowest BCUT2D eigenvalue weighted by molar-refractivity contribution is 0.0990. The first-order valence-corrected chi connectivity index (χ1v) is 9.18. The van der Waals surface area contributed by atoms with Crippen molar-refractivity contribution in [3.8, 4) is 0 Å². The summed E-state index contributed by atoms with van der Waals surface area (Å²) in [7, 11) is 0. The Labute approximate surface area is 155 Å². The van der Waals surface area contributed by atoms with Gasteiger partial charge in [0, 0.05) is 30.0 Å². The summed E-state index contributed by atoms with van der Waals surface area (Å²) in [5.41, 5.74) is 1.77. The van der Waals surface area contributed by atoms with Gasteiger partial charge in [-0.2, -0.15) is 5.10 Å². The molecular formula is C20H18N6O. The molecule has 3 aromatic heterocycles. The van der Waals surface area contributed by atoms with E-state index in [9.17, 15) is 0 Å². The van der Waals surface area contributed by atoms with Gasteiger partial charge in [-0.1, -0.05) is 0 Å². The molecule has 2 fully saturated rings. The number of pyridine rings is 2. The van der Waals surface area contributed by atoms with Gasteiger partial charge in [-0.15, -0.1) is 0 Å². The first-order valence-electron chi connectivity index (χ1n) is 9.18. The number of ether oxygens (including phenoxy) is 1. The summed E-state index contributed by atoms with van der Waals surface area (Å²) in [6, 6.07) is 12.8. The molecule has 5 heterocycles. The van der Waals surface area contributed by atoms with E-state index in [1.165, 1.54) is 5.39 Å². The Hall–Kier alpha value is -3.19. The fraction of sp³-hybridized carbons (Fsp3) is 0.250. The van der Waals surface area contributed by atoms with E-state index in [2.05, 4.69) is 54.6 Å². The molecule has 0 amide bonds. The van der Waals surface area contributed by atoms with E-state index in [0.717, 1.165) is 53.3 Å². The highest BCUT2D eigenvalue weighted by molar-refractivity contribution is 5.96. The molecule has 0 radical (unpaired) electrons. The maximum atomic E-state index is 5.73. The van der Waals surface area contributed by atoms with Gasteiger partial charge in [0.05, 0.1) is 24.1 Å². The smallest absolute Gasteiger partial charge is 0.161 e. The summed E-state index contributed by atoms with van der Waals surface area (Å²) in [6.45, 7) is 1.74. The number of aromatic amines is 1. The summed E-state index contributed by atoms with van der Waals surface area (Å²) in [5.74, 6) is 1.84. The quantitative estimate of drug-likeness (QED) is 0.585. The largest absolute Gasteiger partial charge is 0.374 e. The van der Waals surface area contributed by atoms with E-state index in [4.69, 9.17) is 4.74 Å². The third-order valence-electron chi connectivity index (χ3n) is 5.52. The van der Waals surface area contributed by atoms with Gasteiger partial charge in [0.15, 0.2) is 11.5 Å². The first-order chi connectivity index (χ1) is 13.3. The fourth-order valence-corrected chi connectivity index (χ4v) is 4.21. The second kappa shape index (κ2) is 5.65. The molecule has 2 bridgehead atoms. The number of fused-ring (bicyclic) bond motifs is 4. The van der Waals surface area contributed by atoms with Crippen LogP contribution in [-0.4, -0.2) is 45.5 Å². The summed E-state index contributed by atoms with van der Waals surface area (Å²) in [4.78, 5) is 11.4. The standard InChI is InChI=1S/C20H18N6O/c1-2-17-18(21-6-1)24-25-19(17)23-13-3-4-16-12(8-13)5-7-22-20(16)26-10-15-9-14(26)11-27-15/h1-8,14-15H,9-11H2,(H2,21,23,24,25). The maximum Gasteiger partial charge on any atom is 0.161 e. The second-order valence-electron chi connectivity index (χ2n) is 7.16. The molecule has 4 aromatic rings. The van der Waals surface area contributed by atoms with Crippen molar-refractivity contribution in [2.45, 2.75) is 18.6 Å². The van der Waals surface area contributed by atoms with Crippen molar-refractivity contribution in [2.24, 2.45) is 0 Å². The molecular weight excluding hydrogens is 340 g/mol. The third-order valence-corrected chi connectivity index (χ3v) is 5.52. The molecule has 6 rings (SSSR count). The minimum absolute atomic E-state index is 0.356. The number of nitrogens with zero attached hydrogens (tertiary/aromatic N) is 4.